The highest BCUT2D eigenvalue weighted by molar-refractivity contribution is 7.99. The van der Waals surface area contributed by atoms with Crippen molar-refractivity contribution in [1.29, 1.82) is 0 Å². The van der Waals surface area contributed by atoms with Gasteiger partial charge >= 0.3 is 0 Å². The maximum atomic E-state index is 13.8. The third-order valence-corrected chi connectivity index (χ3v) is 5.61. The van der Waals surface area contributed by atoms with Crippen LogP contribution in [0.1, 0.15) is 0 Å². The summed E-state index contributed by atoms with van der Waals surface area (Å²) in [6.45, 7) is 0.324. The van der Waals surface area contributed by atoms with Crippen LogP contribution in [0, 0.1) is 5.82 Å². The molecule has 6 nitrogen and oxygen atoms in total. The van der Waals surface area contributed by atoms with Gasteiger partial charge in [-0.3, -0.25) is 4.57 Å². The summed E-state index contributed by atoms with van der Waals surface area (Å²) in [7, 11) is 3.26. The molecule has 0 aliphatic carbocycles. The molecule has 1 aromatic heterocycles. The van der Waals surface area contributed by atoms with E-state index in [0.717, 1.165) is 17.0 Å². The van der Waals surface area contributed by atoms with Crippen LogP contribution in [0.5, 0.6) is 17.2 Å². The van der Waals surface area contributed by atoms with Crippen LogP contribution in [0.2, 0.25) is 0 Å². The summed E-state index contributed by atoms with van der Waals surface area (Å²) in [5, 5.41) is 9.54. The Kier molecular flexibility index (Phi) is 6.91. The molecule has 0 atom stereocenters. The molecule has 0 aliphatic rings. The van der Waals surface area contributed by atoms with E-state index in [-0.39, 0.29) is 11.6 Å². The van der Waals surface area contributed by atoms with E-state index in [4.69, 9.17) is 14.2 Å². The Balaban J connectivity index is 1.61. The standard InChI is InChI=1S/C24H22FN3O3S/c1-29-18-13-11-17(12-14-18)28-23(19-7-3-5-9-21(19)30-2)26-27-24(28)32-16-15-31-22-10-6-4-8-20(22)25/h3-14H,15-16H2,1-2H3. The molecule has 0 fully saturated rings. The number of methoxy groups -OCH3 is 2. The van der Waals surface area contributed by atoms with Crippen molar-refractivity contribution in [3.05, 3.63) is 78.6 Å². The molecule has 4 rings (SSSR count). The second-order valence-electron chi connectivity index (χ2n) is 6.67. The van der Waals surface area contributed by atoms with Crippen molar-refractivity contribution < 1.29 is 18.6 Å². The molecule has 4 aromatic rings. The minimum Gasteiger partial charge on any atom is -0.497 e. The molecule has 0 aliphatic heterocycles. The summed E-state index contributed by atoms with van der Waals surface area (Å²) in [5.41, 5.74) is 1.71. The van der Waals surface area contributed by atoms with Gasteiger partial charge in [0.25, 0.3) is 0 Å². The summed E-state index contributed by atoms with van der Waals surface area (Å²) >= 11 is 1.48. The molecule has 0 unspecified atom stereocenters. The van der Waals surface area contributed by atoms with E-state index in [9.17, 15) is 4.39 Å². The Bertz CT molecular complexity index is 1180. The number of hydrogen-bond acceptors (Lipinski definition) is 6. The van der Waals surface area contributed by atoms with Crippen molar-refractivity contribution in [2.24, 2.45) is 0 Å². The van der Waals surface area contributed by atoms with E-state index in [1.807, 2.05) is 53.1 Å². The minimum atomic E-state index is -0.377. The molecule has 164 valence electrons. The van der Waals surface area contributed by atoms with Crippen LogP contribution >= 0.6 is 11.8 Å². The number of ether oxygens (including phenoxy) is 3. The first-order valence-electron chi connectivity index (χ1n) is 9.94. The van der Waals surface area contributed by atoms with E-state index < -0.39 is 0 Å². The number of nitrogens with zero attached hydrogens (tertiary/aromatic N) is 3. The molecule has 0 N–H and O–H groups in total. The summed E-state index contributed by atoms with van der Waals surface area (Å²) in [6.07, 6.45) is 0. The van der Waals surface area contributed by atoms with Crippen LogP contribution < -0.4 is 14.2 Å². The Morgan fingerprint density at radius 3 is 2.28 bits per heavy atom. The van der Waals surface area contributed by atoms with E-state index in [1.54, 1.807) is 32.4 Å². The van der Waals surface area contributed by atoms with Crippen LogP contribution in [0.25, 0.3) is 17.1 Å². The Labute approximate surface area is 190 Å². The third kappa shape index (κ3) is 4.70. The van der Waals surface area contributed by atoms with Crippen molar-refractivity contribution in [3.8, 4) is 34.3 Å². The van der Waals surface area contributed by atoms with Crippen molar-refractivity contribution in [2.75, 3.05) is 26.6 Å². The molecule has 0 saturated heterocycles. The molecule has 0 radical (unpaired) electrons. The normalized spacial score (nSPS) is 10.7. The molecule has 3 aromatic carbocycles. The molecule has 0 amide bonds. The first kappa shape index (κ1) is 21.7. The minimum absolute atomic E-state index is 0.236. The molecule has 0 saturated carbocycles. The zero-order chi connectivity index (χ0) is 22.3. The summed E-state index contributed by atoms with van der Waals surface area (Å²) in [6, 6.07) is 21.7. The van der Waals surface area contributed by atoms with Crippen molar-refractivity contribution in [2.45, 2.75) is 5.16 Å². The lowest BCUT2D eigenvalue weighted by Gasteiger charge is -2.13. The number of para-hydroxylation sites is 2. The van der Waals surface area contributed by atoms with Gasteiger partial charge in [-0.05, 0) is 48.5 Å². The number of thioether (sulfide) groups is 1. The molecule has 0 bridgehead atoms. The highest BCUT2D eigenvalue weighted by Gasteiger charge is 2.19. The number of rotatable bonds is 9. The SMILES string of the molecule is COc1ccc(-n2c(SCCOc3ccccc3F)nnc2-c2ccccc2OC)cc1. The Hall–Kier alpha value is -3.52. The maximum Gasteiger partial charge on any atom is 0.196 e. The van der Waals surface area contributed by atoms with Crippen LogP contribution in [0.15, 0.2) is 78.0 Å². The van der Waals surface area contributed by atoms with Gasteiger partial charge in [0.1, 0.15) is 11.5 Å². The van der Waals surface area contributed by atoms with E-state index in [0.29, 0.717) is 29.1 Å². The van der Waals surface area contributed by atoms with Gasteiger partial charge in [0.15, 0.2) is 22.5 Å². The van der Waals surface area contributed by atoms with Gasteiger partial charge in [0.2, 0.25) is 0 Å². The van der Waals surface area contributed by atoms with Gasteiger partial charge in [0.05, 0.1) is 32.1 Å². The van der Waals surface area contributed by atoms with Crippen molar-refractivity contribution in [1.82, 2.24) is 14.8 Å². The van der Waals surface area contributed by atoms with E-state index >= 15 is 0 Å². The highest BCUT2D eigenvalue weighted by Crippen LogP contribution is 2.33. The van der Waals surface area contributed by atoms with Crippen LogP contribution in [0.4, 0.5) is 4.39 Å². The molecular formula is C24H22FN3O3S. The van der Waals surface area contributed by atoms with Gasteiger partial charge in [-0.2, -0.15) is 0 Å². The van der Waals surface area contributed by atoms with Gasteiger partial charge < -0.3 is 14.2 Å². The summed E-state index contributed by atoms with van der Waals surface area (Å²) in [5.74, 6) is 2.54. The van der Waals surface area contributed by atoms with Gasteiger partial charge in [-0.15, -0.1) is 10.2 Å². The first-order chi connectivity index (χ1) is 15.7. The van der Waals surface area contributed by atoms with Gasteiger partial charge in [-0.25, -0.2) is 4.39 Å². The Morgan fingerprint density at radius 2 is 1.56 bits per heavy atom. The summed E-state index contributed by atoms with van der Waals surface area (Å²) in [4.78, 5) is 0. The predicted molar refractivity (Wildman–Crippen MR) is 123 cm³/mol. The second-order valence-corrected chi connectivity index (χ2v) is 7.73. The zero-order valence-electron chi connectivity index (χ0n) is 17.7. The predicted octanol–water partition coefficient (Wildman–Crippen LogP) is 5.26. The lowest BCUT2D eigenvalue weighted by molar-refractivity contribution is 0.325. The maximum absolute atomic E-state index is 13.8. The third-order valence-electron chi connectivity index (χ3n) is 4.72. The molecule has 1 heterocycles. The lowest BCUT2D eigenvalue weighted by atomic mass is 10.2. The van der Waals surface area contributed by atoms with Crippen LogP contribution in [-0.2, 0) is 0 Å². The monoisotopic (exact) mass is 451 g/mol. The fourth-order valence-corrected chi connectivity index (χ4v) is 3.95. The number of halogens is 1. The van der Waals surface area contributed by atoms with Crippen molar-refractivity contribution in [3.63, 3.8) is 0 Å². The average Bonchev–Trinajstić information content (AvgIpc) is 3.26. The topological polar surface area (TPSA) is 58.4 Å². The molecule has 32 heavy (non-hydrogen) atoms. The van der Waals surface area contributed by atoms with Crippen LogP contribution in [-0.4, -0.2) is 41.3 Å². The fourth-order valence-electron chi connectivity index (χ4n) is 3.18. The van der Waals surface area contributed by atoms with E-state index in [2.05, 4.69) is 10.2 Å². The second kappa shape index (κ2) is 10.2. The van der Waals surface area contributed by atoms with E-state index in [1.165, 1.54) is 17.8 Å². The number of aromatic nitrogens is 3. The lowest BCUT2D eigenvalue weighted by Crippen LogP contribution is -2.04. The molecular weight excluding hydrogens is 429 g/mol. The first-order valence-corrected chi connectivity index (χ1v) is 10.9. The quantitative estimate of drug-likeness (QED) is 0.256. The average molecular weight is 452 g/mol. The fraction of sp³-hybridized carbons (Fsp3) is 0.167. The summed E-state index contributed by atoms with van der Waals surface area (Å²) < 4.78 is 32.1. The largest absolute Gasteiger partial charge is 0.497 e. The highest BCUT2D eigenvalue weighted by atomic mass is 32.2. The van der Waals surface area contributed by atoms with Crippen molar-refractivity contribution >= 4 is 11.8 Å². The van der Waals surface area contributed by atoms with Crippen LogP contribution in [0.3, 0.4) is 0 Å². The zero-order valence-corrected chi connectivity index (χ0v) is 18.5. The Morgan fingerprint density at radius 1 is 0.844 bits per heavy atom. The number of benzene rings is 3. The van der Waals surface area contributed by atoms with Gasteiger partial charge in [0, 0.05) is 5.75 Å². The molecule has 8 heteroatoms. The molecule has 0 spiro atoms. The van der Waals surface area contributed by atoms with Gasteiger partial charge in [-0.1, -0.05) is 36.0 Å². The smallest absolute Gasteiger partial charge is 0.196 e. The number of hydrogen-bond donors (Lipinski definition) is 0.